The van der Waals surface area contributed by atoms with E-state index in [9.17, 15) is 9.59 Å². The molecule has 0 amide bonds. The highest BCUT2D eigenvalue weighted by atomic mass is 16.5. The van der Waals surface area contributed by atoms with Crippen molar-refractivity contribution in [1.82, 2.24) is 0 Å². The van der Waals surface area contributed by atoms with Gasteiger partial charge in [0.05, 0.1) is 10.9 Å². The second-order valence-corrected chi connectivity index (χ2v) is 5.17. The van der Waals surface area contributed by atoms with Crippen LogP contribution in [0.2, 0.25) is 0 Å². The third-order valence-corrected chi connectivity index (χ3v) is 3.39. The maximum Gasteiger partial charge on any atom is 0.338 e. The van der Waals surface area contributed by atoms with Crippen molar-refractivity contribution < 1.29 is 13.9 Å². The molecule has 4 nitrogen and oxygen atoms in total. The van der Waals surface area contributed by atoms with Gasteiger partial charge in [-0.05, 0) is 24.6 Å². The average molecular weight is 306 g/mol. The fourth-order valence-corrected chi connectivity index (χ4v) is 2.18. The van der Waals surface area contributed by atoms with Crippen LogP contribution in [0.5, 0.6) is 5.75 Å². The molecule has 2 aromatic carbocycles. The van der Waals surface area contributed by atoms with Gasteiger partial charge < -0.3 is 9.15 Å². The van der Waals surface area contributed by atoms with Crippen LogP contribution >= 0.6 is 0 Å². The number of benzene rings is 2. The largest absolute Gasteiger partial charge is 0.463 e. The molecule has 3 aromatic rings. The first-order valence-electron chi connectivity index (χ1n) is 7.05. The predicted octanol–water partition coefficient (Wildman–Crippen LogP) is 3.94. The number of hydrogen-bond donors (Lipinski definition) is 0. The summed E-state index contributed by atoms with van der Waals surface area (Å²) in [5.41, 5.74) is 1.81. The van der Waals surface area contributed by atoms with Gasteiger partial charge in [-0.15, -0.1) is 0 Å². The third-order valence-electron chi connectivity index (χ3n) is 3.39. The molecule has 1 aromatic heterocycles. The van der Waals surface area contributed by atoms with Gasteiger partial charge in [-0.2, -0.15) is 0 Å². The SMILES string of the molecule is C=C(C)C(=O)Oc1ccc2c(=O)c(-c3ccccc3)coc2c1. The fourth-order valence-electron chi connectivity index (χ4n) is 2.18. The summed E-state index contributed by atoms with van der Waals surface area (Å²) in [5.74, 6) is -0.214. The molecule has 0 N–H and O–H groups in total. The monoisotopic (exact) mass is 306 g/mol. The minimum atomic E-state index is -0.521. The van der Waals surface area contributed by atoms with Crippen molar-refractivity contribution in [3.05, 3.63) is 77.2 Å². The van der Waals surface area contributed by atoms with Crippen LogP contribution in [0, 0.1) is 0 Å². The Bertz CT molecular complexity index is 952. The predicted molar refractivity (Wildman–Crippen MR) is 88.4 cm³/mol. The molecule has 3 rings (SSSR count). The quantitative estimate of drug-likeness (QED) is 0.418. The highest BCUT2D eigenvalue weighted by Crippen LogP contribution is 2.23. The molecule has 0 atom stereocenters. The Morgan fingerprint density at radius 3 is 2.57 bits per heavy atom. The molecule has 0 aliphatic rings. The van der Waals surface area contributed by atoms with Crippen LogP contribution in [0.3, 0.4) is 0 Å². The lowest BCUT2D eigenvalue weighted by molar-refractivity contribution is -0.130. The van der Waals surface area contributed by atoms with E-state index < -0.39 is 5.97 Å². The van der Waals surface area contributed by atoms with Crippen LogP contribution < -0.4 is 10.2 Å². The molecule has 0 unspecified atom stereocenters. The van der Waals surface area contributed by atoms with Crippen molar-refractivity contribution in [3.63, 3.8) is 0 Å². The second-order valence-electron chi connectivity index (χ2n) is 5.17. The van der Waals surface area contributed by atoms with Gasteiger partial charge in [0.15, 0.2) is 5.43 Å². The Labute approximate surface area is 132 Å². The molecule has 114 valence electrons. The zero-order valence-electron chi connectivity index (χ0n) is 12.5. The van der Waals surface area contributed by atoms with E-state index >= 15 is 0 Å². The van der Waals surface area contributed by atoms with Crippen molar-refractivity contribution >= 4 is 16.9 Å². The minimum Gasteiger partial charge on any atom is -0.463 e. The van der Waals surface area contributed by atoms with E-state index in [2.05, 4.69) is 6.58 Å². The lowest BCUT2D eigenvalue weighted by Crippen LogP contribution is -2.09. The molecule has 0 aliphatic carbocycles. The first-order chi connectivity index (χ1) is 11.1. The smallest absolute Gasteiger partial charge is 0.338 e. The van der Waals surface area contributed by atoms with E-state index in [1.54, 1.807) is 19.1 Å². The van der Waals surface area contributed by atoms with Gasteiger partial charge in [0.2, 0.25) is 0 Å². The van der Waals surface area contributed by atoms with Crippen LogP contribution in [-0.4, -0.2) is 5.97 Å². The van der Waals surface area contributed by atoms with E-state index in [-0.39, 0.29) is 5.43 Å². The molecule has 0 saturated carbocycles. The van der Waals surface area contributed by atoms with Crippen molar-refractivity contribution in [3.8, 4) is 16.9 Å². The van der Waals surface area contributed by atoms with Crippen LogP contribution in [0.15, 0.2) is 76.2 Å². The van der Waals surface area contributed by atoms with Crippen molar-refractivity contribution in [2.45, 2.75) is 6.92 Å². The lowest BCUT2D eigenvalue weighted by atomic mass is 10.1. The van der Waals surface area contributed by atoms with Crippen LogP contribution in [0.25, 0.3) is 22.1 Å². The molecule has 23 heavy (non-hydrogen) atoms. The number of carbonyl (C=O) groups is 1. The molecular weight excluding hydrogens is 292 g/mol. The number of ether oxygens (including phenoxy) is 1. The highest BCUT2D eigenvalue weighted by Gasteiger charge is 2.11. The van der Waals surface area contributed by atoms with Gasteiger partial charge in [0.1, 0.15) is 17.6 Å². The maximum atomic E-state index is 12.6. The molecule has 0 bridgehead atoms. The molecule has 4 heteroatoms. The summed E-state index contributed by atoms with van der Waals surface area (Å²) in [4.78, 5) is 24.1. The van der Waals surface area contributed by atoms with Gasteiger partial charge in [-0.25, -0.2) is 4.79 Å². The Balaban J connectivity index is 2.05. The Kier molecular flexibility index (Phi) is 3.81. The van der Waals surface area contributed by atoms with Gasteiger partial charge >= 0.3 is 5.97 Å². The van der Waals surface area contributed by atoms with E-state index in [1.165, 1.54) is 12.3 Å². The van der Waals surface area contributed by atoms with E-state index in [1.807, 2.05) is 30.3 Å². The van der Waals surface area contributed by atoms with E-state index in [0.717, 1.165) is 5.56 Å². The van der Waals surface area contributed by atoms with Gasteiger partial charge in [-0.3, -0.25) is 4.79 Å². The summed E-state index contributed by atoms with van der Waals surface area (Å²) >= 11 is 0. The first kappa shape index (κ1) is 14.8. The highest BCUT2D eigenvalue weighted by molar-refractivity contribution is 5.90. The van der Waals surface area contributed by atoms with Crippen molar-refractivity contribution in [1.29, 1.82) is 0 Å². The zero-order valence-corrected chi connectivity index (χ0v) is 12.5. The summed E-state index contributed by atoms with van der Waals surface area (Å²) in [5, 5.41) is 0.432. The fraction of sp³-hybridized carbons (Fsp3) is 0.0526. The number of carbonyl (C=O) groups excluding carboxylic acids is 1. The Morgan fingerprint density at radius 2 is 1.87 bits per heavy atom. The summed E-state index contributed by atoms with van der Waals surface area (Å²) in [6, 6.07) is 14.0. The molecule has 0 aliphatic heterocycles. The van der Waals surface area contributed by atoms with Crippen LogP contribution in [-0.2, 0) is 4.79 Å². The molecule has 0 radical (unpaired) electrons. The summed E-state index contributed by atoms with van der Waals surface area (Å²) in [7, 11) is 0. The molecule has 1 heterocycles. The van der Waals surface area contributed by atoms with Crippen LogP contribution in [0.1, 0.15) is 6.92 Å². The molecule has 0 spiro atoms. The number of rotatable bonds is 3. The molecule has 0 saturated heterocycles. The van der Waals surface area contributed by atoms with Crippen molar-refractivity contribution in [2.24, 2.45) is 0 Å². The number of hydrogen-bond acceptors (Lipinski definition) is 4. The average Bonchev–Trinajstić information content (AvgIpc) is 2.56. The Hall–Kier alpha value is -3.14. The Morgan fingerprint density at radius 1 is 1.13 bits per heavy atom. The van der Waals surface area contributed by atoms with Gasteiger partial charge in [0, 0.05) is 11.6 Å². The van der Waals surface area contributed by atoms with Crippen LogP contribution in [0.4, 0.5) is 0 Å². The topological polar surface area (TPSA) is 56.5 Å². The van der Waals surface area contributed by atoms with Gasteiger partial charge in [0.25, 0.3) is 0 Å². The first-order valence-corrected chi connectivity index (χ1v) is 7.05. The molecule has 0 fully saturated rings. The van der Waals surface area contributed by atoms with E-state index in [0.29, 0.717) is 27.9 Å². The standard InChI is InChI=1S/C19H14O4/c1-12(2)19(21)23-14-8-9-15-17(10-14)22-11-16(18(15)20)13-6-4-3-5-7-13/h3-11H,1H2,2H3. The zero-order chi connectivity index (χ0) is 16.4. The minimum absolute atomic E-state index is 0.129. The summed E-state index contributed by atoms with van der Waals surface area (Å²) in [6.45, 7) is 5.09. The third kappa shape index (κ3) is 2.92. The summed E-state index contributed by atoms with van der Waals surface area (Å²) < 4.78 is 10.7. The molecular formula is C19H14O4. The second kappa shape index (κ2) is 5.93. The number of fused-ring (bicyclic) bond motifs is 1. The summed E-state index contributed by atoms with van der Waals surface area (Å²) in [6.07, 6.45) is 1.42. The van der Waals surface area contributed by atoms with Crippen molar-refractivity contribution in [2.75, 3.05) is 0 Å². The normalized spacial score (nSPS) is 10.5. The lowest BCUT2D eigenvalue weighted by Gasteiger charge is -2.06. The maximum absolute atomic E-state index is 12.6. The number of esters is 1. The van der Waals surface area contributed by atoms with Gasteiger partial charge in [-0.1, -0.05) is 36.9 Å². The van der Waals surface area contributed by atoms with E-state index in [4.69, 9.17) is 9.15 Å².